The number of carbonyl (C=O) groups is 1. The van der Waals surface area contributed by atoms with E-state index in [1.165, 1.54) is 0 Å². The Kier molecular flexibility index (Phi) is 6.16. The van der Waals surface area contributed by atoms with Crippen molar-refractivity contribution in [2.24, 2.45) is 0 Å². The van der Waals surface area contributed by atoms with Crippen LogP contribution in [-0.2, 0) is 11.0 Å². The van der Waals surface area contributed by atoms with Gasteiger partial charge in [0.15, 0.2) is 0 Å². The zero-order chi connectivity index (χ0) is 13.5. The van der Waals surface area contributed by atoms with Gasteiger partial charge in [0.1, 0.15) is 5.69 Å². The summed E-state index contributed by atoms with van der Waals surface area (Å²) in [4.78, 5) is 17.5. The van der Waals surface area contributed by atoms with E-state index >= 15 is 0 Å². The average Bonchev–Trinajstić information content (AvgIpc) is 2.31. The van der Waals surface area contributed by atoms with E-state index in [0.29, 0.717) is 0 Å². The first-order valence-electron chi connectivity index (χ1n) is 5.13. The molecule has 1 heterocycles. The highest BCUT2D eigenvalue weighted by atomic mass is 19.4. The van der Waals surface area contributed by atoms with Crippen molar-refractivity contribution in [1.82, 2.24) is 9.97 Å². The minimum absolute atomic E-state index is 0.152. The lowest BCUT2D eigenvalue weighted by molar-refractivity contribution is -0.141. The van der Waals surface area contributed by atoms with Crippen LogP contribution in [0.15, 0.2) is 12.3 Å². The second kappa shape index (κ2) is 6.82. The number of halogens is 3. The molecule has 0 spiro atoms. The van der Waals surface area contributed by atoms with Crippen LogP contribution in [0.25, 0.3) is 0 Å². The molecule has 0 aliphatic carbocycles. The maximum absolute atomic E-state index is 12.2. The van der Waals surface area contributed by atoms with E-state index in [2.05, 4.69) is 15.3 Å². The van der Waals surface area contributed by atoms with E-state index in [0.717, 1.165) is 12.3 Å². The molecule has 0 unspecified atom stereocenters. The van der Waals surface area contributed by atoms with Crippen molar-refractivity contribution < 1.29 is 18.0 Å². The van der Waals surface area contributed by atoms with Crippen molar-refractivity contribution in [3.63, 3.8) is 0 Å². The minimum Gasteiger partial charge on any atom is -0.295 e. The number of rotatable bonds is 2. The number of carbonyl (C=O) groups excluding carboxylic acids is 1. The zero-order valence-electron chi connectivity index (χ0n) is 9.80. The standard InChI is InChI=1S/C8H8F3N3O.C2H6/c1-2-6(15)14-7-12-4-3-5(13-7)8(9,10)11;1-2/h3-4H,2H2,1H3,(H,12,13,14,15);1-2H3. The normalized spacial score (nSPS) is 10.2. The third kappa shape index (κ3) is 5.28. The van der Waals surface area contributed by atoms with E-state index in [1.54, 1.807) is 6.92 Å². The highest BCUT2D eigenvalue weighted by Crippen LogP contribution is 2.27. The van der Waals surface area contributed by atoms with Gasteiger partial charge < -0.3 is 0 Å². The first-order chi connectivity index (χ1) is 7.93. The molecule has 1 N–H and O–H groups in total. The molecule has 0 aromatic carbocycles. The molecular weight excluding hydrogens is 235 g/mol. The van der Waals surface area contributed by atoms with E-state index in [-0.39, 0.29) is 12.4 Å². The van der Waals surface area contributed by atoms with Crippen molar-refractivity contribution in [2.75, 3.05) is 5.32 Å². The van der Waals surface area contributed by atoms with Gasteiger partial charge in [-0.2, -0.15) is 13.2 Å². The van der Waals surface area contributed by atoms with Crippen molar-refractivity contribution in [3.8, 4) is 0 Å². The molecule has 7 heteroatoms. The predicted octanol–water partition coefficient (Wildman–Crippen LogP) is 2.87. The molecule has 17 heavy (non-hydrogen) atoms. The molecule has 0 aliphatic rings. The Morgan fingerprint density at radius 2 is 2.00 bits per heavy atom. The molecule has 0 radical (unpaired) electrons. The molecule has 96 valence electrons. The van der Waals surface area contributed by atoms with Gasteiger partial charge in [-0.3, -0.25) is 10.1 Å². The van der Waals surface area contributed by atoms with E-state index in [4.69, 9.17) is 0 Å². The molecule has 1 aromatic rings. The SMILES string of the molecule is CC.CCC(=O)Nc1nccc(C(F)(F)F)n1. The fourth-order valence-corrected chi connectivity index (χ4v) is 0.790. The number of amides is 1. The van der Waals surface area contributed by atoms with Gasteiger partial charge in [0.2, 0.25) is 11.9 Å². The first-order valence-corrected chi connectivity index (χ1v) is 5.13. The van der Waals surface area contributed by atoms with Crippen LogP contribution in [0.5, 0.6) is 0 Å². The Bertz CT molecular complexity index is 366. The molecule has 1 aromatic heterocycles. The van der Waals surface area contributed by atoms with Crippen LogP contribution in [0.4, 0.5) is 19.1 Å². The monoisotopic (exact) mass is 249 g/mol. The van der Waals surface area contributed by atoms with Gasteiger partial charge in [-0.05, 0) is 6.07 Å². The summed E-state index contributed by atoms with van der Waals surface area (Å²) in [7, 11) is 0. The van der Waals surface area contributed by atoms with Gasteiger partial charge in [0.05, 0.1) is 0 Å². The number of nitrogens with one attached hydrogen (secondary N) is 1. The van der Waals surface area contributed by atoms with Crippen LogP contribution in [0.3, 0.4) is 0 Å². The second-order valence-electron chi connectivity index (χ2n) is 2.66. The molecule has 0 aliphatic heterocycles. The van der Waals surface area contributed by atoms with Crippen LogP contribution in [0.2, 0.25) is 0 Å². The summed E-state index contributed by atoms with van der Waals surface area (Å²) >= 11 is 0. The maximum Gasteiger partial charge on any atom is 0.433 e. The number of aromatic nitrogens is 2. The average molecular weight is 249 g/mol. The van der Waals surface area contributed by atoms with E-state index < -0.39 is 17.8 Å². The summed E-state index contributed by atoms with van der Waals surface area (Å²) in [5.41, 5.74) is -1.08. The molecule has 0 atom stereocenters. The molecule has 0 saturated carbocycles. The predicted molar refractivity (Wildman–Crippen MR) is 57.3 cm³/mol. The van der Waals surface area contributed by atoms with Gasteiger partial charge in [-0.25, -0.2) is 9.97 Å². The molecule has 0 bridgehead atoms. The Morgan fingerprint density at radius 1 is 1.41 bits per heavy atom. The Balaban J connectivity index is 0.00000121. The number of alkyl halides is 3. The Hall–Kier alpha value is -1.66. The zero-order valence-corrected chi connectivity index (χ0v) is 9.80. The second-order valence-corrected chi connectivity index (χ2v) is 2.66. The fourth-order valence-electron chi connectivity index (χ4n) is 0.790. The van der Waals surface area contributed by atoms with Crippen LogP contribution < -0.4 is 5.32 Å². The van der Waals surface area contributed by atoms with Gasteiger partial charge in [0, 0.05) is 12.6 Å². The smallest absolute Gasteiger partial charge is 0.295 e. The summed E-state index contributed by atoms with van der Waals surface area (Å²) < 4.78 is 36.6. The molecule has 1 rings (SSSR count). The molecule has 0 saturated heterocycles. The highest BCUT2D eigenvalue weighted by Gasteiger charge is 2.32. The number of hydrogen-bond donors (Lipinski definition) is 1. The summed E-state index contributed by atoms with van der Waals surface area (Å²) in [6.45, 7) is 5.57. The lowest BCUT2D eigenvalue weighted by atomic mass is 10.4. The Labute approximate surface area is 97.3 Å². The molecule has 1 amide bonds. The van der Waals surface area contributed by atoms with Gasteiger partial charge >= 0.3 is 6.18 Å². The third-order valence-electron chi connectivity index (χ3n) is 1.52. The lowest BCUT2D eigenvalue weighted by Crippen LogP contribution is -2.15. The van der Waals surface area contributed by atoms with E-state index in [9.17, 15) is 18.0 Å². The number of hydrogen-bond acceptors (Lipinski definition) is 3. The topological polar surface area (TPSA) is 54.9 Å². The van der Waals surface area contributed by atoms with Gasteiger partial charge in [-0.15, -0.1) is 0 Å². The van der Waals surface area contributed by atoms with Crippen LogP contribution in [0, 0.1) is 0 Å². The van der Waals surface area contributed by atoms with Crippen LogP contribution >= 0.6 is 0 Å². The van der Waals surface area contributed by atoms with Gasteiger partial charge in [0.25, 0.3) is 0 Å². The largest absolute Gasteiger partial charge is 0.433 e. The van der Waals surface area contributed by atoms with Crippen LogP contribution in [0.1, 0.15) is 32.9 Å². The minimum atomic E-state index is -4.53. The summed E-state index contributed by atoms with van der Waals surface area (Å²) in [6, 6.07) is 0.738. The summed E-state index contributed by atoms with van der Waals surface area (Å²) in [5.74, 6) is -0.772. The van der Waals surface area contributed by atoms with Crippen molar-refractivity contribution >= 4 is 11.9 Å². The number of nitrogens with zero attached hydrogens (tertiary/aromatic N) is 2. The Morgan fingerprint density at radius 3 is 2.47 bits per heavy atom. The quantitative estimate of drug-likeness (QED) is 0.876. The van der Waals surface area contributed by atoms with Crippen LogP contribution in [-0.4, -0.2) is 15.9 Å². The lowest BCUT2D eigenvalue weighted by Gasteiger charge is -2.06. The first kappa shape index (κ1) is 15.3. The van der Waals surface area contributed by atoms with Crippen molar-refractivity contribution in [3.05, 3.63) is 18.0 Å². The fraction of sp³-hybridized carbons (Fsp3) is 0.500. The van der Waals surface area contributed by atoms with Crippen molar-refractivity contribution in [2.45, 2.75) is 33.4 Å². The van der Waals surface area contributed by atoms with E-state index in [1.807, 2.05) is 13.8 Å². The third-order valence-corrected chi connectivity index (χ3v) is 1.52. The molecule has 4 nitrogen and oxygen atoms in total. The summed E-state index contributed by atoms with van der Waals surface area (Å²) in [6.07, 6.45) is -3.44. The summed E-state index contributed by atoms with van der Waals surface area (Å²) in [5, 5.41) is 2.14. The van der Waals surface area contributed by atoms with Gasteiger partial charge in [-0.1, -0.05) is 20.8 Å². The number of anilines is 1. The highest BCUT2D eigenvalue weighted by molar-refractivity contribution is 5.88. The molecular formula is C10H14F3N3O. The van der Waals surface area contributed by atoms with Crippen molar-refractivity contribution in [1.29, 1.82) is 0 Å². The maximum atomic E-state index is 12.2. The molecule has 0 fully saturated rings.